The summed E-state index contributed by atoms with van der Waals surface area (Å²) in [6.45, 7) is 0.766. The average molecular weight is 498 g/mol. The Hall–Kier alpha value is -2.44. The molecule has 3 rings (SSSR count). The van der Waals surface area contributed by atoms with Gasteiger partial charge < -0.3 is 10.2 Å². The number of halogens is 1. The maximum atomic E-state index is 14.1. The van der Waals surface area contributed by atoms with Crippen LogP contribution in [0, 0.1) is 5.82 Å². The topological polar surface area (TPSA) is 113 Å². The molecule has 2 amide bonds. The van der Waals surface area contributed by atoms with Crippen molar-refractivity contribution in [2.45, 2.75) is 36.2 Å². The summed E-state index contributed by atoms with van der Waals surface area (Å²) in [4.78, 5) is 26.6. The van der Waals surface area contributed by atoms with Gasteiger partial charge in [0.25, 0.3) is 5.91 Å². The minimum absolute atomic E-state index is 0.0958. The molecule has 1 aliphatic heterocycles. The number of benzene rings is 1. The summed E-state index contributed by atoms with van der Waals surface area (Å²) in [5.41, 5.74) is 0.468. The quantitative estimate of drug-likeness (QED) is 0.541. The number of amides is 2. The zero-order valence-corrected chi connectivity index (χ0v) is 20.2. The van der Waals surface area contributed by atoms with E-state index in [9.17, 15) is 22.4 Å². The summed E-state index contributed by atoms with van der Waals surface area (Å²) < 4.78 is 43.5. The van der Waals surface area contributed by atoms with Gasteiger partial charge in [-0.1, -0.05) is 12.1 Å². The molecule has 2 heterocycles. The second-order valence-electron chi connectivity index (χ2n) is 7.86. The first-order valence-corrected chi connectivity index (χ1v) is 13.4. The SMILES string of the molecule is CSCCC(NS(=O)(=O)c1ccccc1F)C(=O)N1CCC(NC(=O)c2cnn(C)c2)CC1. The molecule has 1 atom stereocenters. The van der Waals surface area contributed by atoms with Gasteiger partial charge in [-0.2, -0.15) is 21.6 Å². The number of likely N-dealkylation sites (tertiary alicyclic amines) is 1. The monoisotopic (exact) mass is 497 g/mol. The molecule has 0 bridgehead atoms. The van der Waals surface area contributed by atoms with Gasteiger partial charge >= 0.3 is 0 Å². The summed E-state index contributed by atoms with van der Waals surface area (Å²) >= 11 is 1.49. The van der Waals surface area contributed by atoms with Crippen molar-refractivity contribution in [3.63, 3.8) is 0 Å². The van der Waals surface area contributed by atoms with Crippen molar-refractivity contribution in [2.75, 3.05) is 25.1 Å². The van der Waals surface area contributed by atoms with Crippen LogP contribution in [0.4, 0.5) is 4.39 Å². The van der Waals surface area contributed by atoms with Gasteiger partial charge in [0.15, 0.2) is 0 Å². The van der Waals surface area contributed by atoms with Crippen LogP contribution in [-0.2, 0) is 21.9 Å². The highest BCUT2D eigenvalue weighted by Crippen LogP contribution is 2.18. The van der Waals surface area contributed by atoms with Gasteiger partial charge in [0.05, 0.1) is 11.8 Å². The van der Waals surface area contributed by atoms with Crippen molar-refractivity contribution < 1.29 is 22.4 Å². The van der Waals surface area contributed by atoms with Crippen LogP contribution in [0.25, 0.3) is 0 Å². The number of sulfonamides is 1. The Balaban J connectivity index is 1.62. The number of hydrogen-bond donors (Lipinski definition) is 2. The Bertz CT molecular complexity index is 1080. The highest BCUT2D eigenvalue weighted by atomic mass is 32.2. The number of piperidine rings is 1. The second kappa shape index (κ2) is 11.1. The first-order chi connectivity index (χ1) is 15.7. The maximum Gasteiger partial charge on any atom is 0.254 e. The molecule has 9 nitrogen and oxygen atoms in total. The summed E-state index contributed by atoms with van der Waals surface area (Å²) in [6.07, 6.45) is 6.37. The van der Waals surface area contributed by atoms with E-state index >= 15 is 0 Å². The third kappa shape index (κ3) is 6.55. The van der Waals surface area contributed by atoms with Crippen molar-refractivity contribution in [1.82, 2.24) is 24.7 Å². The molecule has 1 unspecified atom stereocenters. The molecule has 1 aliphatic rings. The molecule has 2 aromatic rings. The second-order valence-corrected chi connectivity index (χ2v) is 10.5. The molecule has 0 saturated carbocycles. The van der Waals surface area contributed by atoms with Gasteiger partial charge in [0.1, 0.15) is 16.8 Å². The Kier molecular flexibility index (Phi) is 8.49. The van der Waals surface area contributed by atoms with Crippen molar-refractivity contribution in [2.24, 2.45) is 7.05 Å². The van der Waals surface area contributed by atoms with E-state index in [-0.39, 0.29) is 24.3 Å². The van der Waals surface area contributed by atoms with E-state index < -0.39 is 26.8 Å². The predicted molar refractivity (Wildman–Crippen MR) is 124 cm³/mol. The van der Waals surface area contributed by atoms with Crippen molar-refractivity contribution in [3.8, 4) is 0 Å². The zero-order valence-electron chi connectivity index (χ0n) is 18.5. The normalized spacial score (nSPS) is 15.9. The lowest BCUT2D eigenvalue weighted by Gasteiger charge is -2.34. The third-order valence-electron chi connectivity index (χ3n) is 5.44. The van der Waals surface area contributed by atoms with Crippen LogP contribution in [0.1, 0.15) is 29.6 Å². The number of carbonyl (C=O) groups is 2. The number of nitrogens with zero attached hydrogens (tertiary/aromatic N) is 3. The summed E-state index contributed by atoms with van der Waals surface area (Å²) in [6, 6.07) is 3.98. The smallest absolute Gasteiger partial charge is 0.254 e. The van der Waals surface area contributed by atoms with E-state index in [1.54, 1.807) is 22.8 Å². The van der Waals surface area contributed by atoms with E-state index in [1.165, 1.54) is 36.2 Å². The molecule has 1 saturated heterocycles. The molecule has 1 fully saturated rings. The summed E-state index contributed by atoms with van der Waals surface area (Å²) in [5, 5.41) is 6.94. The largest absolute Gasteiger partial charge is 0.349 e. The van der Waals surface area contributed by atoms with E-state index in [4.69, 9.17) is 0 Å². The number of thioether (sulfide) groups is 1. The van der Waals surface area contributed by atoms with Gasteiger partial charge in [0.2, 0.25) is 15.9 Å². The van der Waals surface area contributed by atoms with E-state index in [0.29, 0.717) is 37.2 Å². The summed E-state index contributed by atoms with van der Waals surface area (Å²) in [7, 11) is -2.48. The minimum Gasteiger partial charge on any atom is -0.349 e. The predicted octanol–water partition coefficient (Wildman–Crippen LogP) is 1.38. The first-order valence-electron chi connectivity index (χ1n) is 10.6. The molecular weight excluding hydrogens is 469 g/mol. The molecule has 1 aromatic carbocycles. The van der Waals surface area contributed by atoms with Gasteiger partial charge in [-0.05, 0) is 43.4 Å². The van der Waals surface area contributed by atoms with Crippen LogP contribution < -0.4 is 10.0 Å². The molecule has 33 heavy (non-hydrogen) atoms. The molecule has 1 aromatic heterocycles. The Morgan fingerprint density at radius 3 is 2.58 bits per heavy atom. The fraction of sp³-hybridized carbons (Fsp3) is 0.476. The van der Waals surface area contributed by atoms with Crippen molar-refractivity contribution in [1.29, 1.82) is 0 Å². The number of carbonyl (C=O) groups excluding carboxylic acids is 2. The molecule has 0 spiro atoms. The van der Waals surface area contributed by atoms with Gasteiger partial charge in [0, 0.05) is 32.4 Å². The fourth-order valence-electron chi connectivity index (χ4n) is 3.65. The van der Waals surface area contributed by atoms with E-state index in [1.807, 2.05) is 6.26 Å². The highest BCUT2D eigenvalue weighted by molar-refractivity contribution is 7.98. The molecule has 180 valence electrons. The lowest BCUT2D eigenvalue weighted by Crippen LogP contribution is -2.53. The Morgan fingerprint density at radius 1 is 1.27 bits per heavy atom. The number of nitrogens with one attached hydrogen (secondary N) is 2. The first kappa shape index (κ1) is 25.2. The van der Waals surface area contributed by atoms with Crippen LogP contribution in [-0.4, -0.2) is 72.1 Å². The number of hydrogen-bond acceptors (Lipinski definition) is 6. The molecule has 12 heteroatoms. The van der Waals surface area contributed by atoms with E-state index in [2.05, 4.69) is 15.1 Å². The van der Waals surface area contributed by atoms with Crippen LogP contribution in [0.5, 0.6) is 0 Å². The van der Waals surface area contributed by atoms with Crippen molar-refractivity contribution in [3.05, 3.63) is 48.0 Å². The van der Waals surface area contributed by atoms with Crippen LogP contribution in [0.2, 0.25) is 0 Å². The minimum atomic E-state index is -4.21. The maximum absolute atomic E-state index is 14.1. The Labute approximate surface area is 197 Å². The highest BCUT2D eigenvalue weighted by Gasteiger charge is 2.32. The van der Waals surface area contributed by atoms with Crippen LogP contribution in [0.15, 0.2) is 41.6 Å². The van der Waals surface area contributed by atoms with Crippen molar-refractivity contribution >= 4 is 33.6 Å². The number of aryl methyl sites for hydroxylation is 1. The van der Waals surface area contributed by atoms with Gasteiger partial charge in [-0.15, -0.1) is 0 Å². The Morgan fingerprint density at radius 2 is 1.97 bits per heavy atom. The third-order valence-corrected chi connectivity index (χ3v) is 7.59. The van der Waals surface area contributed by atoms with Crippen LogP contribution in [0.3, 0.4) is 0 Å². The standard InChI is InChI=1S/C21H28FN5O4S2/c1-26-14-15(13-23-26)20(28)24-16-7-10-27(11-8-16)21(29)18(9-12-32-2)25-33(30,31)19-6-4-3-5-17(19)22/h3-6,13-14,16,18,25H,7-12H2,1-2H3,(H,24,28). The fourth-order valence-corrected chi connectivity index (χ4v) is 5.43. The molecule has 0 aliphatic carbocycles. The van der Waals surface area contributed by atoms with Crippen LogP contribution >= 0.6 is 11.8 Å². The number of aromatic nitrogens is 2. The summed E-state index contributed by atoms with van der Waals surface area (Å²) in [5.74, 6) is -0.871. The zero-order chi connectivity index (χ0) is 24.0. The molecular formula is C21H28FN5O4S2. The van der Waals surface area contributed by atoms with Gasteiger partial charge in [-0.25, -0.2) is 12.8 Å². The molecule has 0 radical (unpaired) electrons. The van der Waals surface area contributed by atoms with Gasteiger partial charge in [-0.3, -0.25) is 14.3 Å². The number of rotatable bonds is 9. The van der Waals surface area contributed by atoms with E-state index in [0.717, 1.165) is 6.07 Å². The lowest BCUT2D eigenvalue weighted by atomic mass is 10.0. The molecule has 2 N–H and O–H groups in total. The average Bonchev–Trinajstić information content (AvgIpc) is 3.23. The lowest BCUT2D eigenvalue weighted by molar-refractivity contribution is -0.134.